The summed E-state index contributed by atoms with van der Waals surface area (Å²) in [4.78, 5) is 0. The fourth-order valence-corrected chi connectivity index (χ4v) is 8.91. The number of fused-ring (bicyclic) bond motifs is 6. The molecule has 0 amide bonds. The molecule has 0 fully saturated rings. The topological polar surface area (TPSA) is 0 Å². The van der Waals surface area contributed by atoms with Crippen LogP contribution in [-0.2, 0) is 38.5 Å². The van der Waals surface area contributed by atoms with Crippen molar-refractivity contribution >= 4 is 63.0 Å². The number of hydrogen-bond acceptors (Lipinski definition) is 2. The van der Waals surface area contributed by atoms with Crippen LogP contribution < -0.4 is 0 Å². The van der Waals surface area contributed by atoms with Gasteiger partial charge in [0.2, 0.25) is 0 Å². The molecule has 0 aliphatic heterocycles. The van der Waals surface area contributed by atoms with E-state index in [0.717, 1.165) is 25.7 Å². The minimum Gasteiger partial charge on any atom is -0.135 e. The molecule has 2 aromatic heterocycles. The lowest BCUT2D eigenvalue weighted by Gasteiger charge is -2.05. The molecular formula is C42H42S2. The summed E-state index contributed by atoms with van der Waals surface area (Å²) in [6, 6.07) is 37.8. The number of aryl methyl sites for hydroxylation is 6. The predicted octanol–water partition coefficient (Wildman–Crippen LogP) is 12.7. The second-order valence-electron chi connectivity index (χ2n) is 12.5. The standard InChI is InChI=1S/C42H42S2/c1-3-5-7-29-9-13-31(14-10-29)17-19-33-21-23-35-37-27-42-38(28-41(37)43-39(35)25-33)36-24-22-34(26-40(36)44-42)20-18-32-15-11-30(12-16-32)8-6-4-2/h9-16,21-28H,3-8,17-20H2,1-2H3. The minimum atomic E-state index is 1.09. The quantitative estimate of drug-likeness (QED) is 0.129. The van der Waals surface area contributed by atoms with Crippen LogP contribution in [0.4, 0.5) is 0 Å². The Morgan fingerprint density at radius 3 is 1.05 bits per heavy atom. The van der Waals surface area contributed by atoms with Gasteiger partial charge in [-0.2, -0.15) is 0 Å². The van der Waals surface area contributed by atoms with E-state index in [1.165, 1.54) is 112 Å². The molecule has 2 heterocycles. The molecular weight excluding hydrogens is 569 g/mol. The van der Waals surface area contributed by atoms with Crippen molar-refractivity contribution in [1.29, 1.82) is 0 Å². The predicted molar refractivity (Wildman–Crippen MR) is 197 cm³/mol. The van der Waals surface area contributed by atoms with Gasteiger partial charge in [-0.25, -0.2) is 0 Å². The van der Waals surface area contributed by atoms with E-state index in [4.69, 9.17) is 0 Å². The fraction of sp³-hybridized carbons (Fsp3) is 0.286. The summed E-state index contributed by atoms with van der Waals surface area (Å²) in [5, 5.41) is 5.60. The van der Waals surface area contributed by atoms with Gasteiger partial charge >= 0.3 is 0 Å². The average molecular weight is 611 g/mol. The van der Waals surface area contributed by atoms with Gasteiger partial charge < -0.3 is 0 Å². The van der Waals surface area contributed by atoms with E-state index in [2.05, 4.69) is 111 Å². The molecule has 0 saturated heterocycles. The Kier molecular flexibility index (Phi) is 8.82. The maximum Gasteiger partial charge on any atom is 0.0362 e. The summed E-state index contributed by atoms with van der Waals surface area (Å²) in [5.41, 5.74) is 8.68. The smallest absolute Gasteiger partial charge is 0.0362 e. The zero-order valence-corrected chi connectivity index (χ0v) is 27.8. The maximum atomic E-state index is 2.45. The lowest BCUT2D eigenvalue weighted by atomic mass is 10.0. The molecule has 7 aromatic rings. The van der Waals surface area contributed by atoms with Crippen LogP contribution in [-0.4, -0.2) is 0 Å². The van der Waals surface area contributed by atoms with Crippen LogP contribution in [0.5, 0.6) is 0 Å². The first-order valence-electron chi connectivity index (χ1n) is 16.6. The lowest BCUT2D eigenvalue weighted by molar-refractivity contribution is 0.794. The van der Waals surface area contributed by atoms with E-state index in [1.54, 1.807) is 0 Å². The van der Waals surface area contributed by atoms with Gasteiger partial charge in [-0.1, -0.05) is 99.5 Å². The van der Waals surface area contributed by atoms with E-state index >= 15 is 0 Å². The van der Waals surface area contributed by atoms with Crippen molar-refractivity contribution in [2.75, 3.05) is 0 Å². The molecule has 0 N–H and O–H groups in total. The molecule has 0 radical (unpaired) electrons. The van der Waals surface area contributed by atoms with Crippen molar-refractivity contribution in [3.63, 3.8) is 0 Å². The van der Waals surface area contributed by atoms with Gasteiger partial charge in [0.15, 0.2) is 0 Å². The summed E-state index contributed by atoms with van der Waals surface area (Å²) < 4.78 is 5.63. The fourth-order valence-electron chi connectivity index (χ4n) is 6.53. The molecule has 0 saturated carbocycles. The summed E-state index contributed by atoms with van der Waals surface area (Å²) in [5.74, 6) is 0. The summed E-state index contributed by atoms with van der Waals surface area (Å²) >= 11 is 3.90. The van der Waals surface area contributed by atoms with Gasteiger partial charge in [0.25, 0.3) is 0 Å². The first-order chi connectivity index (χ1) is 21.7. The van der Waals surface area contributed by atoms with Crippen molar-refractivity contribution in [2.45, 2.75) is 78.1 Å². The highest BCUT2D eigenvalue weighted by atomic mass is 32.1. The number of unbranched alkanes of at least 4 members (excludes halogenated alkanes) is 2. The van der Waals surface area contributed by atoms with Gasteiger partial charge in [-0.15, -0.1) is 22.7 Å². The molecule has 44 heavy (non-hydrogen) atoms. The Labute approximate surface area is 270 Å². The Bertz CT molecular complexity index is 1870. The number of benzene rings is 5. The highest BCUT2D eigenvalue weighted by Gasteiger charge is 2.12. The van der Waals surface area contributed by atoms with E-state index in [1.807, 2.05) is 22.7 Å². The molecule has 0 spiro atoms. The third-order valence-electron chi connectivity index (χ3n) is 9.28. The SMILES string of the molecule is CCCCc1ccc(CCc2ccc3c(c2)sc2cc4c(cc23)sc2cc(CCc3ccc(CCCC)cc3)ccc24)cc1. The lowest BCUT2D eigenvalue weighted by Crippen LogP contribution is -1.92. The normalized spacial score (nSPS) is 11.9. The molecule has 7 rings (SSSR count). The van der Waals surface area contributed by atoms with Crippen LogP contribution in [0, 0.1) is 0 Å². The molecule has 2 heteroatoms. The largest absolute Gasteiger partial charge is 0.135 e. The first kappa shape index (κ1) is 29.3. The van der Waals surface area contributed by atoms with Crippen molar-refractivity contribution in [1.82, 2.24) is 0 Å². The van der Waals surface area contributed by atoms with Crippen LogP contribution in [0.1, 0.15) is 72.9 Å². The van der Waals surface area contributed by atoms with E-state index in [-0.39, 0.29) is 0 Å². The van der Waals surface area contributed by atoms with Gasteiger partial charge in [-0.3, -0.25) is 0 Å². The van der Waals surface area contributed by atoms with Crippen LogP contribution in [0.25, 0.3) is 40.3 Å². The van der Waals surface area contributed by atoms with Crippen molar-refractivity contribution in [3.05, 3.63) is 130 Å². The molecule has 0 aliphatic carbocycles. The zero-order valence-electron chi connectivity index (χ0n) is 26.1. The van der Waals surface area contributed by atoms with Crippen LogP contribution in [0.3, 0.4) is 0 Å². The summed E-state index contributed by atoms with van der Waals surface area (Å²) in [6.45, 7) is 4.52. The van der Waals surface area contributed by atoms with Gasteiger partial charge in [0, 0.05) is 40.3 Å². The summed E-state index contributed by atoms with van der Waals surface area (Å²) in [6.07, 6.45) is 11.8. The number of hydrogen-bond donors (Lipinski definition) is 0. The molecule has 5 aromatic carbocycles. The second-order valence-corrected chi connectivity index (χ2v) is 14.7. The molecule has 0 nitrogen and oxygen atoms in total. The van der Waals surface area contributed by atoms with Crippen molar-refractivity contribution in [3.8, 4) is 0 Å². The Balaban J connectivity index is 1.07. The molecule has 0 unspecified atom stereocenters. The molecule has 0 aliphatic rings. The second kappa shape index (κ2) is 13.3. The van der Waals surface area contributed by atoms with E-state index in [9.17, 15) is 0 Å². The van der Waals surface area contributed by atoms with Crippen LogP contribution in [0.15, 0.2) is 97.1 Å². The zero-order chi connectivity index (χ0) is 29.9. The number of rotatable bonds is 12. The Hall–Kier alpha value is -3.46. The Morgan fingerprint density at radius 1 is 0.341 bits per heavy atom. The average Bonchev–Trinajstić information content (AvgIpc) is 3.60. The summed E-state index contributed by atoms with van der Waals surface area (Å²) in [7, 11) is 0. The Morgan fingerprint density at radius 2 is 0.659 bits per heavy atom. The molecule has 222 valence electrons. The van der Waals surface area contributed by atoms with E-state index in [0.29, 0.717) is 0 Å². The van der Waals surface area contributed by atoms with Crippen molar-refractivity contribution in [2.24, 2.45) is 0 Å². The maximum absolute atomic E-state index is 2.45. The highest BCUT2D eigenvalue weighted by molar-refractivity contribution is 7.27. The third-order valence-corrected chi connectivity index (χ3v) is 11.5. The van der Waals surface area contributed by atoms with Crippen LogP contribution in [0.2, 0.25) is 0 Å². The van der Waals surface area contributed by atoms with Crippen LogP contribution >= 0.6 is 22.7 Å². The number of thiophene rings is 2. The first-order valence-corrected chi connectivity index (χ1v) is 18.3. The third kappa shape index (κ3) is 6.34. The molecule has 0 bridgehead atoms. The molecule has 0 atom stereocenters. The monoisotopic (exact) mass is 610 g/mol. The van der Waals surface area contributed by atoms with E-state index < -0.39 is 0 Å². The highest BCUT2D eigenvalue weighted by Crippen LogP contribution is 2.42. The van der Waals surface area contributed by atoms with Gasteiger partial charge in [0.05, 0.1) is 0 Å². The minimum absolute atomic E-state index is 1.09. The van der Waals surface area contributed by atoms with Gasteiger partial charge in [0.1, 0.15) is 0 Å². The van der Waals surface area contributed by atoms with Crippen molar-refractivity contribution < 1.29 is 0 Å². The van der Waals surface area contributed by atoms with Gasteiger partial charge in [-0.05, 0) is 109 Å².